The average molecular weight is 573 g/mol. The summed E-state index contributed by atoms with van der Waals surface area (Å²) in [4.78, 5) is 52.4. The van der Waals surface area contributed by atoms with E-state index >= 15 is 0 Å². The SMILES string of the molecule is CC(=O)N1CCN(CCN2C[C@H]3CC(=O)N(c4cc(C(F)(F)F)cc(C)n4)[C@@H]3C(=O)N(C)c3cccc(C)c32)CC1. The van der Waals surface area contributed by atoms with Crippen LogP contribution in [-0.2, 0) is 20.6 Å². The van der Waals surface area contributed by atoms with E-state index in [-0.39, 0.29) is 29.7 Å². The lowest BCUT2D eigenvalue weighted by atomic mass is 9.95. The lowest BCUT2D eigenvalue weighted by molar-refractivity contribution is -0.137. The van der Waals surface area contributed by atoms with Crippen molar-refractivity contribution in [3.63, 3.8) is 0 Å². The van der Waals surface area contributed by atoms with Crippen LogP contribution < -0.4 is 14.7 Å². The first kappa shape index (κ1) is 28.8. The zero-order valence-electron chi connectivity index (χ0n) is 23.7. The van der Waals surface area contributed by atoms with Crippen LogP contribution in [0.4, 0.5) is 30.4 Å². The minimum absolute atomic E-state index is 0.0240. The number of benzene rings is 1. The molecule has 3 aliphatic rings. The fourth-order valence-electron chi connectivity index (χ4n) is 6.25. The fourth-order valence-corrected chi connectivity index (χ4v) is 6.25. The van der Waals surface area contributed by atoms with Crippen LogP contribution in [-0.4, -0.2) is 91.4 Å². The van der Waals surface area contributed by atoms with Crippen molar-refractivity contribution in [1.29, 1.82) is 0 Å². The summed E-state index contributed by atoms with van der Waals surface area (Å²) in [6, 6.07) is 6.51. The topological polar surface area (TPSA) is 80.3 Å². The summed E-state index contributed by atoms with van der Waals surface area (Å²) in [5, 5.41) is 0. The van der Waals surface area contributed by atoms with Gasteiger partial charge in [-0.2, -0.15) is 13.2 Å². The Hall–Kier alpha value is -3.67. The molecule has 0 aliphatic carbocycles. The van der Waals surface area contributed by atoms with E-state index in [1.165, 1.54) is 16.7 Å². The largest absolute Gasteiger partial charge is 0.416 e. The van der Waals surface area contributed by atoms with Gasteiger partial charge in [0.2, 0.25) is 17.7 Å². The Kier molecular flexibility index (Phi) is 7.71. The Labute approximate surface area is 237 Å². The summed E-state index contributed by atoms with van der Waals surface area (Å²) in [6.45, 7) is 9.58. The Morgan fingerprint density at radius 3 is 2.41 bits per heavy atom. The van der Waals surface area contributed by atoms with E-state index in [0.717, 1.165) is 43.0 Å². The van der Waals surface area contributed by atoms with Crippen molar-refractivity contribution in [2.45, 2.75) is 39.4 Å². The molecule has 5 rings (SSSR count). The molecule has 0 bridgehead atoms. The van der Waals surface area contributed by atoms with E-state index in [1.807, 2.05) is 30.0 Å². The lowest BCUT2D eigenvalue weighted by Gasteiger charge is -2.41. The molecule has 2 atom stereocenters. The van der Waals surface area contributed by atoms with Crippen molar-refractivity contribution in [3.05, 3.63) is 47.2 Å². The van der Waals surface area contributed by atoms with Gasteiger partial charge in [0.05, 0.1) is 16.9 Å². The van der Waals surface area contributed by atoms with Crippen LogP contribution in [0.2, 0.25) is 0 Å². The first-order chi connectivity index (χ1) is 19.3. The molecule has 9 nitrogen and oxygen atoms in total. The van der Waals surface area contributed by atoms with Gasteiger partial charge in [-0.3, -0.25) is 24.2 Å². The second-order valence-corrected chi connectivity index (χ2v) is 11.2. The number of alkyl halides is 3. The van der Waals surface area contributed by atoms with Crippen molar-refractivity contribution < 1.29 is 27.6 Å². The van der Waals surface area contributed by atoms with Crippen LogP contribution in [0.3, 0.4) is 0 Å². The number of pyridine rings is 1. The Bertz CT molecular complexity index is 1360. The zero-order chi connectivity index (χ0) is 29.6. The quantitative estimate of drug-likeness (QED) is 0.561. The molecule has 41 heavy (non-hydrogen) atoms. The van der Waals surface area contributed by atoms with Gasteiger partial charge < -0.3 is 14.7 Å². The van der Waals surface area contributed by atoms with Crippen LogP contribution in [0.1, 0.15) is 30.2 Å². The molecule has 2 fully saturated rings. The number of anilines is 3. The van der Waals surface area contributed by atoms with Crippen LogP contribution >= 0.6 is 0 Å². The molecular formula is C29H35F3N6O3. The van der Waals surface area contributed by atoms with Crippen LogP contribution in [0, 0.1) is 19.8 Å². The molecule has 2 saturated heterocycles. The van der Waals surface area contributed by atoms with Gasteiger partial charge in [-0.05, 0) is 37.6 Å². The molecule has 220 valence electrons. The normalized spacial score (nSPS) is 22.0. The molecule has 12 heteroatoms. The molecule has 0 spiro atoms. The molecule has 2 aromatic rings. The fraction of sp³-hybridized carbons (Fsp3) is 0.517. The molecule has 3 aliphatic heterocycles. The molecule has 0 radical (unpaired) electrons. The number of nitrogens with zero attached hydrogens (tertiary/aromatic N) is 6. The third-order valence-electron chi connectivity index (χ3n) is 8.38. The van der Waals surface area contributed by atoms with Gasteiger partial charge in [-0.15, -0.1) is 0 Å². The number of rotatable bonds is 4. The van der Waals surface area contributed by atoms with Gasteiger partial charge in [-0.1, -0.05) is 12.1 Å². The molecular weight excluding hydrogens is 537 g/mol. The predicted octanol–water partition coefficient (Wildman–Crippen LogP) is 3.09. The number of aromatic nitrogens is 1. The van der Waals surface area contributed by atoms with Crippen molar-refractivity contribution in [2.24, 2.45) is 5.92 Å². The van der Waals surface area contributed by atoms with Crippen LogP contribution in [0.15, 0.2) is 30.3 Å². The number of carbonyl (C=O) groups excluding carboxylic acids is 3. The number of para-hydroxylation sites is 1. The first-order valence-corrected chi connectivity index (χ1v) is 13.8. The van der Waals surface area contributed by atoms with Crippen molar-refractivity contribution in [1.82, 2.24) is 14.8 Å². The minimum atomic E-state index is -4.62. The Balaban J connectivity index is 1.48. The minimum Gasteiger partial charge on any atom is -0.368 e. The second kappa shape index (κ2) is 11.0. The highest BCUT2D eigenvalue weighted by molar-refractivity contribution is 6.10. The standard InChI is InChI=1S/C29H35F3N6O3/c1-18-6-5-7-23-26(18)37(13-10-35-8-11-36(12-9-35)20(3)39)17-21-15-25(40)38(27(21)28(41)34(23)4)24-16-22(29(30,31)32)14-19(2)33-24/h5-7,14,16,21,27H,8-13,15,17H2,1-4H3/t21-,27+/m1/s1. The van der Waals surface area contributed by atoms with E-state index in [9.17, 15) is 27.6 Å². The third-order valence-corrected chi connectivity index (χ3v) is 8.38. The summed E-state index contributed by atoms with van der Waals surface area (Å²) < 4.78 is 40.9. The van der Waals surface area contributed by atoms with E-state index in [1.54, 1.807) is 14.0 Å². The lowest BCUT2D eigenvalue weighted by Crippen LogP contribution is -2.54. The number of aryl methyl sites for hydroxylation is 2. The van der Waals surface area contributed by atoms with Gasteiger partial charge >= 0.3 is 6.18 Å². The average Bonchev–Trinajstić information content (AvgIpc) is 3.24. The smallest absolute Gasteiger partial charge is 0.368 e. The summed E-state index contributed by atoms with van der Waals surface area (Å²) in [5.41, 5.74) is 1.78. The summed E-state index contributed by atoms with van der Waals surface area (Å²) in [7, 11) is 1.65. The highest BCUT2D eigenvalue weighted by Gasteiger charge is 2.49. The molecule has 1 aromatic carbocycles. The monoisotopic (exact) mass is 572 g/mol. The number of hydrogen-bond acceptors (Lipinski definition) is 6. The molecule has 4 heterocycles. The highest BCUT2D eigenvalue weighted by Crippen LogP contribution is 2.41. The second-order valence-electron chi connectivity index (χ2n) is 11.2. The maximum Gasteiger partial charge on any atom is 0.416 e. The number of fused-ring (bicyclic) bond motifs is 2. The summed E-state index contributed by atoms with van der Waals surface area (Å²) in [6.07, 6.45) is -4.59. The van der Waals surface area contributed by atoms with Gasteiger partial charge in [0.25, 0.3) is 0 Å². The van der Waals surface area contributed by atoms with E-state index in [2.05, 4.69) is 14.8 Å². The Morgan fingerprint density at radius 1 is 1.05 bits per heavy atom. The van der Waals surface area contributed by atoms with E-state index in [4.69, 9.17) is 0 Å². The molecule has 3 amide bonds. The summed E-state index contributed by atoms with van der Waals surface area (Å²) in [5.74, 6) is -1.31. The molecule has 0 unspecified atom stereocenters. The molecule has 0 saturated carbocycles. The summed E-state index contributed by atoms with van der Waals surface area (Å²) >= 11 is 0. The highest BCUT2D eigenvalue weighted by atomic mass is 19.4. The number of amides is 3. The number of piperazine rings is 1. The first-order valence-electron chi connectivity index (χ1n) is 13.8. The van der Waals surface area contributed by atoms with E-state index < -0.39 is 29.6 Å². The predicted molar refractivity (Wildman–Crippen MR) is 149 cm³/mol. The van der Waals surface area contributed by atoms with E-state index in [0.29, 0.717) is 31.9 Å². The maximum atomic E-state index is 14.0. The number of likely N-dealkylation sites (N-methyl/N-ethyl adjacent to an activating group) is 1. The van der Waals surface area contributed by atoms with Crippen molar-refractivity contribution in [3.8, 4) is 0 Å². The van der Waals surface area contributed by atoms with Crippen LogP contribution in [0.5, 0.6) is 0 Å². The Morgan fingerprint density at radius 2 is 1.76 bits per heavy atom. The number of carbonyl (C=O) groups is 3. The molecule has 0 N–H and O–H groups in total. The van der Waals surface area contributed by atoms with Gasteiger partial charge in [-0.25, -0.2) is 4.98 Å². The van der Waals surface area contributed by atoms with Gasteiger partial charge in [0.1, 0.15) is 11.9 Å². The van der Waals surface area contributed by atoms with Crippen molar-refractivity contribution in [2.75, 3.05) is 67.6 Å². The number of halogens is 3. The van der Waals surface area contributed by atoms with Gasteiger partial charge in [0, 0.05) is 77.8 Å². The van der Waals surface area contributed by atoms with Crippen molar-refractivity contribution >= 4 is 34.9 Å². The molecule has 1 aromatic heterocycles. The third kappa shape index (κ3) is 5.61. The zero-order valence-corrected chi connectivity index (χ0v) is 23.7. The van der Waals surface area contributed by atoms with Crippen LogP contribution in [0.25, 0.3) is 0 Å². The van der Waals surface area contributed by atoms with Gasteiger partial charge in [0.15, 0.2) is 0 Å². The number of hydrogen-bond donors (Lipinski definition) is 0. The maximum absolute atomic E-state index is 14.0.